The summed E-state index contributed by atoms with van der Waals surface area (Å²) in [5.41, 5.74) is 1.32. The van der Waals surface area contributed by atoms with Crippen molar-refractivity contribution in [1.29, 1.82) is 0 Å². The zero-order chi connectivity index (χ0) is 11.7. The first-order valence-corrected chi connectivity index (χ1v) is 6.66. The molecule has 90 valence electrons. The van der Waals surface area contributed by atoms with Gasteiger partial charge in [-0.15, -0.1) is 0 Å². The molecule has 5 heteroatoms. The molecular weight excluding hydrogens is 212 g/mol. The Labute approximate surface area is 93.7 Å². The summed E-state index contributed by atoms with van der Waals surface area (Å²) in [4.78, 5) is 0. The van der Waals surface area contributed by atoms with Gasteiger partial charge in [0.05, 0.1) is 0 Å². The first-order valence-electron chi connectivity index (χ1n) is 5.03. The summed E-state index contributed by atoms with van der Waals surface area (Å²) >= 11 is 0. The van der Waals surface area contributed by atoms with Crippen molar-refractivity contribution in [2.45, 2.75) is 26.7 Å². The lowest BCUT2D eigenvalue weighted by molar-refractivity contribution is 0.00554. The maximum Gasteiger partial charge on any atom is 0.678 e. The maximum atomic E-state index is 5.50. The van der Waals surface area contributed by atoms with Gasteiger partial charge in [0.25, 0.3) is 0 Å². The van der Waals surface area contributed by atoms with Gasteiger partial charge in [-0.05, 0) is 26.7 Å². The van der Waals surface area contributed by atoms with Crippen LogP contribution in [0.5, 0.6) is 0 Å². The monoisotopic (exact) mass is 234 g/mol. The largest absolute Gasteiger partial charge is 0.678 e. The van der Waals surface area contributed by atoms with Gasteiger partial charge in [-0.25, -0.2) is 0 Å². The van der Waals surface area contributed by atoms with Crippen molar-refractivity contribution in [3.63, 3.8) is 0 Å². The van der Waals surface area contributed by atoms with Crippen LogP contribution in [0.15, 0.2) is 11.6 Å². The number of allylic oxidation sites excluding steroid dienone is 2. The molecule has 0 fully saturated rings. The highest BCUT2D eigenvalue weighted by Gasteiger charge is 2.41. The summed E-state index contributed by atoms with van der Waals surface area (Å²) in [5, 5.41) is 0. The first-order chi connectivity index (χ1) is 7.10. The van der Waals surface area contributed by atoms with Crippen LogP contribution >= 0.6 is 0 Å². The lowest BCUT2D eigenvalue weighted by Gasteiger charge is -2.22. The SMILES string of the molecule is CO[Si](OC)(OC)OCCCC=C(C)C. The Balaban J connectivity index is 3.77. The average molecular weight is 234 g/mol. The molecule has 0 N–H and O–H groups in total. The van der Waals surface area contributed by atoms with E-state index in [1.54, 1.807) is 0 Å². The minimum atomic E-state index is -2.82. The van der Waals surface area contributed by atoms with Crippen molar-refractivity contribution in [3.8, 4) is 0 Å². The van der Waals surface area contributed by atoms with Crippen LogP contribution in [0.4, 0.5) is 0 Å². The maximum absolute atomic E-state index is 5.50. The van der Waals surface area contributed by atoms with Crippen molar-refractivity contribution in [2.24, 2.45) is 0 Å². The molecule has 4 nitrogen and oxygen atoms in total. The van der Waals surface area contributed by atoms with Crippen LogP contribution in [0.3, 0.4) is 0 Å². The summed E-state index contributed by atoms with van der Waals surface area (Å²) in [6, 6.07) is 0. The fourth-order valence-corrected chi connectivity index (χ4v) is 2.35. The molecule has 0 spiro atoms. The van der Waals surface area contributed by atoms with E-state index in [0.717, 1.165) is 12.8 Å². The van der Waals surface area contributed by atoms with Crippen molar-refractivity contribution in [2.75, 3.05) is 27.9 Å². The first kappa shape index (κ1) is 14.8. The Kier molecular flexibility index (Phi) is 7.90. The quantitative estimate of drug-likeness (QED) is 0.366. The average Bonchev–Trinajstić information content (AvgIpc) is 2.24. The molecule has 0 aliphatic carbocycles. The number of hydrogen-bond donors (Lipinski definition) is 0. The van der Waals surface area contributed by atoms with Crippen LogP contribution in [-0.2, 0) is 17.7 Å². The summed E-state index contributed by atoms with van der Waals surface area (Å²) < 4.78 is 20.9. The van der Waals surface area contributed by atoms with Gasteiger partial charge >= 0.3 is 9.05 Å². The van der Waals surface area contributed by atoms with Crippen molar-refractivity contribution in [3.05, 3.63) is 11.6 Å². The number of unbranched alkanes of at least 4 members (excludes halogenated alkanes) is 1. The van der Waals surface area contributed by atoms with Gasteiger partial charge in [0.1, 0.15) is 0 Å². The van der Waals surface area contributed by atoms with E-state index in [4.69, 9.17) is 17.7 Å². The van der Waals surface area contributed by atoms with Gasteiger partial charge in [0.2, 0.25) is 0 Å². The third-order valence-electron chi connectivity index (χ3n) is 1.93. The third-order valence-corrected chi connectivity index (χ3v) is 3.99. The molecule has 0 aliphatic heterocycles. The molecule has 0 radical (unpaired) electrons. The van der Waals surface area contributed by atoms with Crippen LogP contribution in [0, 0.1) is 0 Å². The molecule has 0 aliphatic rings. The minimum absolute atomic E-state index is 0.589. The van der Waals surface area contributed by atoms with Gasteiger partial charge in [-0.1, -0.05) is 11.6 Å². The van der Waals surface area contributed by atoms with E-state index in [-0.39, 0.29) is 0 Å². The zero-order valence-corrected chi connectivity index (χ0v) is 11.3. The van der Waals surface area contributed by atoms with Gasteiger partial charge in [-0.3, -0.25) is 0 Å². The Morgan fingerprint density at radius 1 is 1.07 bits per heavy atom. The molecule has 0 saturated carbocycles. The van der Waals surface area contributed by atoms with Gasteiger partial charge in [0.15, 0.2) is 0 Å². The van der Waals surface area contributed by atoms with E-state index in [9.17, 15) is 0 Å². The minimum Gasteiger partial charge on any atom is -0.355 e. The molecule has 0 amide bonds. The second kappa shape index (κ2) is 8.01. The van der Waals surface area contributed by atoms with E-state index in [2.05, 4.69) is 19.9 Å². The summed E-state index contributed by atoms with van der Waals surface area (Å²) in [5.74, 6) is 0. The van der Waals surface area contributed by atoms with Gasteiger partial charge in [0, 0.05) is 27.9 Å². The fourth-order valence-electron chi connectivity index (χ4n) is 1.10. The number of hydrogen-bond acceptors (Lipinski definition) is 4. The van der Waals surface area contributed by atoms with Crippen LogP contribution in [0.2, 0.25) is 0 Å². The molecule has 0 atom stereocenters. The second-order valence-corrected chi connectivity index (χ2v) is 5.90. The van der Waals surface area contributed by atoms with Crippen LogP contribution in [0.1, 0.15) is 26.7 Å². The predicted molar refractivity (Wildman–Crippen MR) is 61.4 cm³/mol. The predicted octanol–water partition coefficient (Wildman–Crippen LogP) is 2.12. The molecule has 0 saturated heterocycles. The molecule has 0 unspecified atom stereocenters. The zero-order valence-electron chi connectivity index (χ0n) is 10.3. The van der Waals surface area contributed by atoms with E-state index in [1.165, 1.54) is 26.9 Å². The molecule has 0 bridgehead atoms. The van der Waals surface area contributed by atoms with Crippen molar-refractivity contribution in [1.82, 2.24) is 0 Å². The van der Waals surface area contributed by atoms with E-state index >= 15 is 0 Å². The summed E-state index contributed by atoms with van der Waals surface area (Å²) in [6.07, 6.45) is 4.12. The Bertz CT molecular complexity index is 178. The molecular formula is C10H22O4Si. The number of rotatable bonds is 8. The normalized spacial score (nSPS) is 11.5. The van der Waals surface area contributed by atoms with Crippen LogP contribution < -0.4 is 0 Å². The molecule has 0 heterocycles. The second-order valence-electron chi connectivity index (χ2n) is 3.38. The Hall–Kier alpha value is -0.203. The van der Waals surface area contributed by atoms with E-state index in [0.29, 0.717) is 6.61 Å². The molecule has 0 aromatic heterocycles. The van der Waals surface area contributed by atoms with Crippen molar-refractivity contribution >= 4 is 9.05 Å². The van der Waals surface area contributed by atoms with Gasteiger partial charge < -0.3 is 17.7 Å². The molecule has 0 rings (SSSR count). The van der Waals surface area contributed by atoms with Crippen LogP contribution in [0.25, 0.3) is 0 Å². The topological polar surface area (TPSA) is 36.9 Å². The highest BCUT2D eigenvalue weighted by atomic mass is 28.4. The highest BCUT2D eigenvalue weighted by Crippen LogP contribution is 2.09. The van der Waals surface area contributed by atoms with Crippen LogP contribution in [-0.4, -0.2) is 37.0 Å². The molecule has 0 aromatic carbocycles. The van der Waals surface area contributed by atoms with Gasteiger partial charge in [-0.2, -0.15) is 0 Å². The smallest absolute Gasteiger partial charge is 0.355 e. The lowest BCUT2D eigenvalue weighted by Crippen LogP contribution is -2.46. The standard InChI is InChI=1S/C10H22O4Si/c1-10(2)8-6-7-9-14-15(11-3,12-4)13-5/h8H,6-7,9H2,1-5H3. The third kappa shape index (κ3) is 6.06. The Morgan fingerprint density at radius 3 is 2.00 bits per heavy atom. The van der Waals surface area contributed by atoms with E-state index < -0.39 is 9.05 Å². The molecule has 0 aromatic rings. The fraction of sp³-hybridized carbons (Fsp3) is 0.800. The molecule has 15 heavy (non-hydrogen) atoms. The Morgan fingerprint density at radius 2 is 1.60 bits per heavy atom. The summed E-state index contributed by atoms with van der Waals surface area (Å²) in [7, 11) is 1.80. The lowest BCUT2D eigenvalue weighted by atomic mass is 10.2. The summed E-state index contributed by atoms with van der Waals surface area (Å²) in [6.45, 7) is 4.75. The highest BCUT2D eigenvalue weighted by molar-refractivity contribution is 6.53. The van der Waals surface area contributed by atoms with E-state index in [1.807, 2.05) is 0 Å². The van der Waals surface area contributed by atoms with Crippen molar-refractivity contribution < 1.29 is 17.7 Å².